The summed E-state index contributed by atoms with van der Waals surface area (Å²) in [4.78, 5) is 10.8. The molecule has 0 unspecified atom stereocenters. The summed E-state index contributed by atoms with van der Waals surface area (Å²) in [6, 6.07) is 4.57. The van der Waals surface area contributed by atoms with Crippen LogP contribution in [-0.4, -0.2) is 52.7 Å². The van der Waals surface area contributed by atoms with Crippen molar-refractivity contribution in [2.45, 2.75) is 26.3 Å². The lowest BCUT2D eigenvalue weighted by Gasteiger charge is -2.36. The van der Waals surface area contributed by atoms with Gasteiger partial charge in [-0.1, -0.05) is 11.2 Å². The van der Waals surface area contributed by atoms with Crippen LogP contribution in [0.3, 0.4) is 0 Å². The molecule has 0 N–H and O–H groups in total. The zero-order valence-electron chi connectivity index (χ0n) is 12.7. The molecular weight excluding hydrogens is 284 g/mol. The van der Waals surface area contributed by atoms with Gasteiger partial charge in [-0.2, -0.15) is 4.98 Å². The molecule has 0 spiro atoms. The summed E-state index contributed by atoms with van der Waals surface area (Å²) < 4.78 is 5.29. The van der Waals surface area contributed by atoms with Crippen molar-refractivity contribution in [1.82, 2.24) is 19.9 Å². The van der Waals surface area contributed by atoms with E-state index in [2.05, 4.69) is 44.4 Å². The first-order valence-corrected chi connectivity index (χ1v) is 8.39. The van der Waals surface area contributed by atoms with Crippen molar-refractivity contribution in [2.24, 2.45) is 0 Å². The average Bonchev–Trinajstić information content (AvgIpc) is 3.16. The molecule has 0 radical (unpaired) electrons. The molecule has 21 heavy (non-hydrogen) atoms. The zero-order valence-corrected chi connectivity index (χ0v) is 13.5. The van der Waals surface area contributed by atoms with E-state index in [-0.39, 0.29) is 6.04 Å². The van der Waals surface area contributed by atoms with Gasteiger partial charge in [0.05, 0.1) is 6.04 Å². The van der Waals surface area contributed by atoms with E-state index in [1.165, 1.54) is 4.88 Å². The highest BCUT2D eigenvalue weighted by Gasteiger charge is 2.25. The first-order valence-electron chi connectivity index (χ1n) is 7.51. The predicted molar refractivity (Wildman–Crippen MR) is 83.5 cm³/mol. The van der Waals surface area contributed by atoms with E-state index >= 15 is 0 Å². The Hall–Kier alpha value is -1.24. The van der Waals surface area contributed by atoms with Crippen molar-refractivity contribution in [3.05, 3.63) is 34.1 Å². The summed E-state index contributed by atoms with van der Waals surface area (Å²) in [5, 5.41) is 6.04. The fourth-order valence-corrected chi connectivity index (χ4v) is 3.43. The van der Waals surface area contributed by atoms with Crippen LogP contribution in [0, 0.1) is 6.92 Å². The van der Waals surface area contributed by atoms with Crippen LogP contribution in [0.2, 0.25) is 0 Å². The van der Waals surface area contributed by atoms with Crippen LogP contribution in [0.4, 0.5) is 0 Å². The molecule has 0 saturated carbocycles. The van der Waals surface area contributed by atoms with Gasteiger partial charge in [-0.3, -0.25) is 4.90 Å². The topological polar surface area (TPSA) is 45.4 Å². The number of thiophene rings is 1. The van der Waals surface area contributed by atoms with Gasteiger partial charge in [-0.15, -0.1) is 11.3 Å². The van der Waals surface area contributed by atoms with Gasteiger partial charge in [0, 0.05) is 37.6 Å². The second-order valence-electron chi connectivity index (χ2n) is 5.56. The summed E-state index contributed by atoms with van der Waals surface area (Å²) in [5.74, 6) is 1.45. The van der Waals surface area contributed by atoms with Crippen molar-refractivity contribution in [3.63, 3.8) is 0 Å². The molecule has 2 aromatic heterocycles. The quantitative estimate of drug-likeness (QED) is 0.848. The van der Waals surface area contributed by atoms with E-state index in [4.69, 9.17) is 4.52 Å². The van der Waals surface area contributed by atoms with E-state index in [0.717, 1.165) is 45.0 Å². The van der Waals surface area contributed by atoms with Gasteiger partial charge in [0.2, 0.25) is 5.89 Å². The Balaban J connectivity index is 1.46. The number of aryl methyl sites for hydroxylation is 1. The Morgan fingerprint density at radius 1 is 1.33 bits per heavy atom. The second-order valence-corrected chi connectivity index (χ2v) is 6.60. The standard InChI is InChI=1S/C15H22N4OS/c1-12(15-16-13(2)17-20-15)19-9-7-18(8-10-19)6-5-14-4-3-11-21-14/h3-4,11-12H,5-10H2,1-2H3/t12-/m1/s1. The van der Waals surface area contributed by atoms with Gasteiger partial charge in [0.25, 0.3) is 0 Å². The fraction of sp³-hybridized carbons (Fsp3) is 0.600. The molecule has 1 aliphatic rings. The number of hydrogen-bond acceptors (Lipinski definition) is 6. The van der Waals surface area contributed by atoms with Gasteiger partial charge in [-0.05, 0) is 31.7 Å². The Bertz CT molecular complexity index is 546. The van der Waals surface area contributed by atoms with E-state index in [1.54, 1.807) is 0 Å². The molecular formula is C15H22N4OS. The molecule has 2 aromatic rings. The van der Waals surface area contributed by atoms with Crippen LogP contribution in [0.15, 0.2) is 22.0 Å². The van der Waals surface area contributed by atoms with Crippen molar-refractivity contribution in [3.8, 4) is 0 Å². The molecule has 114 valence electrons. The maximum atomic E-state index is 5.29. The molecule has 0 bridgehead atoms. The summed E-state index contributed by atoms with van der Waals surface area (Å²) in [7, 11) is 0. The van der Waals surface area contributed by atoms with Gasteiger partial charge >= 0.3 is 0 Å². The maximum absolute atomic E-state index is 5.29. The number of rotatable bonds is 5. The molecule has 5 nitrogen and oxygen atoms in total. The molecule has 0 aromatic carbocycles. The van der Waals surface area contributed by atoms with E-state index < -0.39 is 0 Å². The highest BCUT2D eigenvalue weighted by atomic mass is 32.1. The molecule has 3 heterocycles. The van der Waals surface area contributed by atoms with Crippen LogP contribution in [0.25, 0.3) is 0 Å². The number of aromatic nitrogens is 2. The molecule has 0 amide bonds. The van der Waals surface area contributed by atoms with Gasteiger partial charge in [0.1, 0.15) is 0 Å². The number of piperazine rings is 1. The van der Waals surface area contributed by atoms with Crippen LogP contribution >= 0.6 is 11.3 Å². The Kier molecular flexibility index (Phi) is 4.67. The summed E-state index contributed by atoms with van der Waals surface area (Å²) >= 11 is 1.85. The largest absolute Gasteiger partial charge is 0.338 e. The molecule has 6 heteroatoms. The highest BCUT2D eigenvalue weighted by molar-refractivity contribution is 7.09. The third-order valence-corrected chi connectivity index (χ3v) is 5.05. The van der Waals surface area contributed by atoms with Crippen LogP contribution in [0.1, 0.15) is 29.6 Å². The summed E-state index contributed by atoms with van der Waals surface area (Å²) in [5.41, 5.74) is 0. The first kappa shape index (κ1) is 14.7. The van der Waals surface area contributed by atoms with E-state index in [1.807, 2.05) is 18.3 Å². The fourth-order valence-electron chi connectivity index (χ4n) is 2.74. The van der Waals surface area contributed by atoms with Crippen LogP contribution in [0.5, 0.6) is 0 Å². The lowest BCUT2D eigenvalue weighted by Crippen LogP contribution is -2.47. The minimum atomic E-state index is 0.214. The Morgan fingerprint density at radius 3 is 2.76 bits per heavy atom. The first-order chi connectivity index (χ1) is 10.2. The normalized spacial score (nSPS) is 19.0. The molecule has 1 fully saturated rings. The third kappa shape index (κ3) is 3.70. The Labute approximate surface area is 129 Å². The SMILES string of the molecule is Cc1noc([C@@H](C)N2CCN(CCc3cccs3)CC2)n1. The van der Waals surface area contributed by atoms with Crippen molar-refractivity contribution in [1.29, 1.82) is 0 Å². The highest BCUT2D eigenvalue weighted by Crippen LogP contribution is 2.20. The number of hydrogen-bond donors (Lipinski definition) is 0. The van der Waals surface area contributed by atoms with Crippen molar-refractivity contribution < 1.29 is 4.52 Å². The third-order valence-electron chi connectivity index (χ3n) is 4.11. The molecule has 1 atom stereocenters. The lowest BCUT2D eigenvalue weighted by molar-refractivity contribution is 0.0891. The van der Waals surface area contributed by atoms with Gasteiger partial charge in [-0.25, -0.2) is 0 Å². The Morgan fingerprint density at radius 2 is 2.14 bits per heavy atom. The molecule has 3 rings (SSSR count). The monoisotopic (exact) mass is 306 g/mol. The van der Waals surface area contributed by atoms with E-state index in [9.17, 15) is 0 Å². The average molecular weight is 306 g/mol. The van der Waals surface area contributed by atoms with Gasteiger partial charge < -0.3 is 9.42 Å². The summed E-state index contributed by atoms with van der Waals surface area (Å²) in [6.07, 6.45) is 1.16. The van der Waals surface area contributed by atoms with Crippen molar-refractivity contribution >= 4 is 11.3 Å². The smallest absolute Gasteiger partial charge is 0.243 e. The minimum absolute atomic E-state index is 0.214. The lowest BCUT2D eigenvalue weighted by atomic mass is 10.2. The molecule has 0 aliphatic carbocycles. The zero-order chi connectivity index (χ0) is 14.7. The van der Waals surface area contributed by atoms with Crippen molar-refractivity contribution in [2.75, 3.05) is 32.7 Å². The van der Waals surface area contributed by atoms with Gasteiger partial charge in [0.15, 0.2) is 5.82 Å². The molecule has 1 aliphatic heterocycles. The minimum Gasteiger partial charge on any atom is -0.338 e. The van der Waals surface area contributed by atoms with Crippen LogP contribution < -0.4 is 0 Å². The second kappa shape index (κ2) is 6.68. The maximum Gasteiger partial charge on any atom is 0.243 e. The molecule has 1 saturated heterocycles. The predicted octanol–water partition coefficient (Wildman–Crippen LogP) is 2.36. The number of nitrogens with zero attached hydrogens (tertiary/aromatic N) is 4. The van der Waals surface area contributed by atoms with Crippen LogP contribution in [-0.2, 0) is 6.42 Å². The summed E-state index contributed by atoms with van der Waals surface area (Å²) in [6.45, 7) is 9.52. The van der Waals surface area contributed by atoms with E-state index in [0.29, 0.717) is 5.82 Å².